The van der Waals surface area contributed by atoms with E-state index < -0.39 is 24.8 Å². The summed E-state index contributed by atoms with van der Waals surface area (Å²) in [4.78, 5) is 40.9. The third-order valence-corrected chi connectivity index (χ3v) is 6.96. The topological polar surface area (TPSA) is 96.4 Å². The van der Waals surface area contributed by atoms with Crippen LogP contribution in [-0.2, 0) is 20.9 Å². The maximum absolute atomic E-state index is 13.3. The highest BCUT2D eigenvalue weighted by molar-refractivity contribution is 5.91. The van der Waals surface area contributed by atoms with Crippen molar-refractivity contribution in [1.82, 2.24) is 4.90 Å². The first-order valence-corrected chi connectivity index (χ1v) is 11.8. The Balaban J connectivity index is 1.46. The predicted octanol–water partition coefficient (Wildman–Crippen LogP) is 4.74. The zero-order valence-electron chi connectivity index (χ0n) is 18.8. The first-order chi connectivity index (χ1) is 16.5. The number of ether oxygens (including phenoxy) is 2. The lowest BCUT2D eigenvalue weighted by atomic mass is 9.82. The Bertz CT molecular complexity index is 1070. The van der Waals surface area contributed by atoms with Gasteiger partial charge in [-0.15, -0.1) is 0 Å². The van der Waals surface area contributed by atoms with Crippen molar-refractivity contribution in [3.05, 3.63) is 65.7 Å². The average molecular weight is 465 g/mol. The molecule has 0 saturated heterocycles. The first kappa shape index (κ1) is 22.3. The van der Waals surface area contributed by atoms with Crippen molar-refractivity contribution in [3.8, 4) is 0 Å². The van der Waals surface area contributed by atoms with Crippen LogP contribution in [0.15, 0.2) is 54.6 Å². The minimum atomic E-state index is -1.18. The number of amides is 2. The van der Waals surface area contributed by atoms with Gasteiger partial charge in [0, 0.05) is 18.0 Å². The summed E-state index contributed by atoms with van der Waals surface area (Å²) in [5.41, 5.74) is 2.54. The molecule has 0 spiro atoms. The number of nitrogens with zero attached hydrogens (tertiary/aromatic N) is 2. The van der Waals surface area contributed by atoms with Gasteiger partial charge in [-0.3, -0.25) is 9.80 Å². The van der Waals surface area contributed by atoms with E-state index in [0.29, 0.717) is 0 Å². The molecule has 178 valence electrons. The molecule has 2 amide bonds. The van der Waals surface area contributed by atoms with Crippen molar-refractivity contribution in [2.45, 2.75) is 56.8 Å². The molecule has 0 radical (unpaired) electrons. The van der Waals surface area contributed by atoms with Crippen molar-refractivity contribution >= 4 is 23.8 Å². The quantitative estimate of drug-likeness (QED) is 0.663. The summed E-state index contributed by atoms with van der Waals surface area (Å²) < 4.78 is 10.8. The number of carbonyl (C=O) groups excluding carboxylic acids is 2. The number of rotatable bonds is 6. The minimum Gasteiger partial charge on any atom is -0.479 e. The van der Waals surface area contributed by atoms with E-state index >= 15 is 0 Å². The maximum Gasteiger partial charge on any atom is 0.414 e. The van der Waals surface area contributed by atoms with Gasteiger partial charge in [0.15, 0.2) is 6.61 Å². The highest BCUT2D eigenvalue weighted by Gasteiger charge is 2.52. The van der Waals surface area contributed by atoms with Crippen molar-refractivity contribution in [1.29, 1.82) is 0 Å². The molecule has 2 aromatic carbocycles. The van der Waals surface area contributed by atoms with Crippen LogP contribution in [0.25, 0.3) is 0 Å². The van der Waals surface area contributed by atoms with Gasteiger partial charge in [0.1, 0.15) is 6.61 Å². The van der Waals surface area contributed by atoms with Crippen LogP contribution in [0.2, 0.25) is 0 Å². The van der Waals surface area contributed by atoms with Gasteiger partial charge in [0.2, 0.25) is 0 Å². The van der Waals surface area contributed by atoms with Gasteiger partial charge in [0.05, 0.1) is 11.7 Å². The summed E-state index contributed by atoms with van der Waals surface area (Å²) in [6.07, 6.45) is 3.35. The molecule has 3 aliphatic rings. The molecule has 3 atom stereocenters. The van der Waals surface area contributed by atoms with E-state index in [-0.39, 0.29) is 30.7 Å². The number of carbonyl (C=O) groups is 3. The summed E-state index contributed by atoms with van der Waals surface area (Å²) in [5.74, 6) is -1.16. The van der Waals surface area contributed by atoms with Gasteiger partial charge in [-0.05, 0) is 42.9 Å². The Hall–Kier alpha value is -3.55. The van der Waals surface area contributed by atoms with Crippen molar-refractivity contribution in [2.75, 3.05) is 11.5 Å². The fourth-order valence-electron chi connectivity index (χ4n) is 5.44. The highest BCUT2D eigenvalue weighted by Crippen LogP contribution is 2.52. The molecule has 1 aliphatic heterocycles. The lowest BCUT2D eigenvalue weighted by Gasteiger charge is -2.46. The van der Waals surface area contributed by atoms with Gasteiger partial charge in [-0.1, -0.05) is 55.0 Å². The van der Waals surface area contributed by atoms with Crippen LogP contribution in [0, 0.1) is 5.92 Å². The first-order valence-electron chi connectivity index (χ1n) is 11.8. The largest absolute Gasteiger partial charge is 0.479 e. The van der Waals surface area contributed by atoms with E-state index in [1.54, 1.807) is 9.80 Å². The van der Waals surface area contributed by atoms with E-state index in [1.807, 2.05) is 54.6 Å². The number of aliphatic carboxylic acids is 1. The predicted molar refractivity (Wildman–Crippen MR) is 123 cm³/mol. The summed E-state index contributed by atoms with van der Waals surface area (Å²) in [5, 5.41) is 8.99. The molecule has 1 heterocycles. The van der Waals surface area contributed by atoms with E-state index in [9.17, 15) is 14.4 Å². The molecule has 2 saturated carbocycles. The number of carboxylic acids is 1. The summed E-state index contributed by atoms with van der Waals surface area (Å²) in [7, 11) is 0. The van der Waals surface area contributed by atoms with Crippen molar-refractivity contribution < 1.29 is 29.0 Å². The highest BCUT2D eigenvalue weighted by atomic mass is 16.6. The summed E-state index contributed by atoms with van der Waals surface area (Å²) in [6.45, 7) is -0.475. The van der Waals surface area contributed by atoms with E-state index in [0.717, 1.165) is 48.9 Å². The average Bonchev–Trinajstić information content (AvgIpc) is 3.57. The summed E-state index contributed by atoms with van der Waals surface area (Å²) >= 11 is 0. The van der Waals surface area contributed by atoms with Gasteiger partial charge in [0.25, 0.3) is 0 Å². The number of anilines is 1. The Morgan fingerprint density at radius 2 is 1.68 bits per heavy atom. The van der Waals surface area contributed by atoms with Gasteiger partial charge in [-0.2, -0.15) is 0 Å². The van der Waals surface area contributed by atoms with Crippen LogP contribution in [0.4, 0.5) is 15.3 Å². The molecular weight excluding hydrogens is 436 g/mol. The fraction of sp³-hybridized carbons (Fsp3) is 0.423. The number of benzene rings is 2. The number of hydrogen-bond donors (Lipinski definition) is 1. The molecule has 8 heteroatoms. The molecule has 0 bridgehead atoms. The number of carboxylic acid groups (broad SMARTS) is 1. The van der Waals surface area contributed by atoms with Crippen LogP contribution in [0.5, 0.6) is 0 Å². The van der Waals surface area contributed by atoms with Crippen LogP contribution in [0.3, 0.4) is 0 Å². The zero-order chi connectivity index (χ0) is 23.7. The normalized spacial score (nSPS) is 22.9. The Morgan fingerprint density at radius 3 is 2.41 bits per heavy atom. The Kier molecular flexibility index (Phi) is 6.13. The zero-order valence-corrected chi connectivity index (χ0v) is 18.8. The Labute approximate surface area is 198 Å². The van der Waals surface area contributed by atoms with Crippen LogP contribution >= 0.6 is 0 Å². The number of fused-ring (bicyclic) bond motifs is 2. The minimum absolute atomic E-state index is 0.0251. The lowest BCUT2D eigenvalue weighted by Crippen LogP contribution is -2.53. The molecule has 0 aromatic heterocycles. The number of para-hydroxylation sites is 1. The SMILES string of the molecule is O=C(O)COC(=O)N(C1CC1)[C@H]1c2ccccc2N(C(=O)OCc2ccccc2)[C@H]2CCC[C@H]21. The molecule has 2 aromatic rings. The van der Waals surface area contributed by atoms with Crippen LogP contribution < -0.4 is 4.90 Å². The third kappa shape index (κ3) is 4.32. The van der Waals surface area contributed by atoms with Gasteiger partial charge >= 0.3 is 18.2 Å². The lowest BCUT2D eigenvalue weighted by molar-refractivity contribution is -0.140. The third-order valence-electron chi connectivity index (χ3n) is 6.96. The summed E-state index contributed by atoms with van der Waals surface area (Å²) in [6, 6.07) is 16.9. The molecular formula is C26H28N2O6. The molecule has 2 aliphatic carbocycles. The van der Waals surface area contributed by atoms with Crippen molar-refractivity contribution in [2.24, 2.45) is 5.92 Å². The second-order valence-electron chi connectivity index (χ2n) is 9.16. The molecule has 34 heavy (non-hydrogen) atoms. The molecule has 8 nitrogen and oxygen atoms in total. The van der Waals surface area contributed by atoms with Crippen molar-refractivity contribution in [3.63, 3.8) is 0 Å². The van der Waals surface area contributed by atoms with Crippen LogP contribution in [0.1, 0.15) is 49.3 Å². The van der Waals surface area contributed by atoms with E-state index in [1.165, 1.54) is 0 Å². The molecule has 2 fully saturated rings. The monoisotopic (exact) mass is 464 g/mol. The second-order valence-corrected chi connectivity index (χ2v) is 9.16. The second kappa shape index (κ2) is 9.37. The van der Waals surface area contributed by atoms with Crippen LogP contribution in [-0.4, -0.2) is 46.9 Å². The standard InChI is InChI=1S/C26H28N2O6/c29-23(30)16-34-25(31)27(18-13-14-18)24-19-9-4-5-11-21(19)28(22-12-6-10-20(22)24)26(32)33-15-17-7-2-1-3-8-17/h1-5,7-9,11,18,20,22,24H,6,10,12-16H2,(H,29,30)/t20-,22+,24+/m1/s1. The fourth-order valence-corrected chi connectivity index (χ4v) is 5.44. The Morgan fingerprint density at radius 1 is 0.941 bits per heavy atom. The molecule has 5 rings (SSSR count). The van der Waals surface area contributed by atoms with Gasteiger partial charge in [-0.25, -0.2) is 14.4 Å². The number of hydrogen-bond acceptors (Lipinski definition) is 5. The smallest absolute Gasteiger partial charge is 0.414 e. The molecule has 1 N–H and O–H groups in total. The van der Waals surface area contributed by atoms with E-state index in [4.69, 9.17) is 14.6 Å². The van der Waals surface area contributed by atoms with E-state index in [2.05, 4.69) is 0 Å². The maximum atomic E-state index is 13.3. The molecule has 0 unspecified atom stereocenters. The van der Waals surface area contributed by atoms with Gasteiger partial charge < -0.3 is 14.6 Å².